The van der Waals surface area contributed by atoms with Gasteiger partial charge in [-0.2, -0.15) is 0 Å². The predicted octanol–water partition coefficient (Wildman–Crippen LogP) is 3.32. The van der Waals surface area contributed by atoms with Crippen LogP contribution >= 0.6 is 22.7 Å². The standard InChI is InChI=1S/C12H17N3S2/c1-4-11-14-7-10(17-11)6-13-9(3)12-15-5-8(2)16-12/h5,7,9,13H,4,6H2,1-3H3. The first-order valence-corrected chi connectivity index (χ1v) is 7.41. The van der Waals surface area contributed by atoms with E-state index in [1.807, 2.05) is 12.4 Å². The summed E-state index contributed by atoms with van der Waals surface area (Å²) in [6.45, 7) is 7.25. The maximum Gasteiger partial charge on any atom is 0.109 e. The number of nitrogens with one attached hydrogen (secondary N) is 1. The fourth-order valence-corrected chi connectivity index (χ4v) is 3.12. The van der Waals surface area contributed by atoms with E-state index in [2.05, 4.69) is 36.1 Å². The largest absolute Gasteiger partial charge is 0.303 e. The smallest absolute Gasteiger partial charge is 0.109 e. The summed E-state index contributed by atoms with van der Waals surface area (Å²) in [4.78, 5) is 11.3. The molecule has 0 saturated heterocycles. The molecule has 0 radical (unpaired) electrons. The van der Waals surface area contributed by atoms with Crippen molar-refractivity contribution in [1.29, 1.82) is 0 Å². The minimum Gasteiger partial charge on any atom is -0.303 e. The lowest BCUT2D eigenvalue weighted by Crippen LogP contribution is -2.17. The molecule has 0 fully saturated rings. The summed E-state index contributed by atoms with van der Waals surface area (Å²) in [6, 6.07) is 0.306. The normalized spacial score (nSPS) is 12.9. The van der Waals surface area contributed by atoms with Crippen LogP contribution < -0.4 is 5.32 Å². The molecule has 17 heavy (non-hydrogen) atoms. The topological polar surface area (TPSA) is 37.8 Å². The van der Waals surface area contributed by atoms with E-state index in [9.17, 15) is 0 Å². The minimum absolute atomic E-state index is 0.306. The second-order valence-corrected chi connectivity index (χ2v) is 6.45. The lowest BCUT2D eigenvalue weighted by Gasteiger charge is -2.09. The van der Waals surface area contributed by atoms with Gasteiger partial charge in [0.2, 0.25) is 0 Å². The molecule has 1 atom stereocenters. The van der Waals surface area contributed by atoms with E-state index >= 15 is 0 Å². The number of thiazole rings is 2. The molecular weight excluding hydrogens is 250 g/mol. The van der Waals surface area contributed by atoms with Gasteiger partial charge in [-0.15, -0.1) is 22.7 Å². The molecular formula is C12H17N3S2. The average Bonchev–Trinajstić information content (AvgIpc) is 2.94. The van der Waals surface area contributed by atoms with Crippen molar-refractivity contribution in [3.63, 3.8) is 0 Å². The highest BCUT2D eigenvalue weighted by atomic mass is 32.1. The van der Waals surface area contributed by atoms with Crippen LogP contribution in [0.5, 0.6) is 0 Å². The van der Waals surface area contributed by atoms with Gasteiger partial charge < -0.3 is 5.32 Å². The number of nitrogens with zero attached hydrogens (tertiary/aromatic N) is 2. The first-order valence-electron chi connectivity index (χ1n) is 5.78. The third kappa shape index (κ3) is 3.34. The van der Waals surface area contributed by atoms with Gasteiger partial charge >= 0.3 is 0 Å². The van der Waals surface area contributed by atoms with Gasteiger partial charge in [0, 0.05) is 28.7 Å². The van der Waals surface area contributed by atoms with Crippen molar-refractivity contribution in [2.45, 2.75) is 39.8 Å². The zero-order valence-corrected chi connectivity index (χ0v) is 12.0. The molecule has 2 aromatic rings. The predicted molar refractivity (Wildman–Crippen MR) is 73.6 cm³/mol. The zero-order chi connectivity index (χ0) is 12.3. The highest BCUT2D eigenvalue weighted by molar-refractivity contribution is 7.11. The van der Waals surface area contributed by atoms with E-state index < -0.39 is 0 Å². The van der Waals surface area contributed by atoms with Crippen LogP contribution in [0.4, 0.5) is 0 Å². The molecule has 0 aliphatic carbocycles. The van der Waals surface area contributed by atoms with Gasteiger partial charge in [0.1, 0.15) is 5.01 Å². The van der Waals surface area contributed by atoms with Crippen LogP contribution in [-0.4, -0.2) is 9.97 Å². The van der Waals surface area contributed by atoms with Gasteiger partial charge in [-0.1, -0.05) is 6.92 Å². The number of hydrogen-bond acceptors (Lipinski definition) is 5. The van der Waals surface area contributed by atoms with Gasteiger partial charge in [-0.05, 0) is 20.3 Å². The van der Waals surface area contributed by atoms with Gasteiger partial charge in [-0.3, -0.25) is 0 Å². The van der Waals surface area contributed by atoms with Crippen molar-refractivity contribution < 1.29 is 0 Å². The third-order valence-electron chi connectivity index (χ3n) is 2.50. The Labute approximate surface area is 110 Å². The van der Waals surface area contributed by atoms with Gasteiger partial charge in [0.15, 0.2) is 0 Å². The molecule has 1 unspecified atom stereocenters. The van der Waals surface area contributed by atoms with E-state index in [1.54, 1.807) is 22.7 Å². The molecule has 0 aromatic carbocycles. The Bertz CT molecular complexity index is 476. The van der Waals surface area contributed by atoms with E-state index in [-0.39, 0.29) is 0 Å². The molecule has 0 bridgehead atoms. The highest BCUT2D eigenvalue weighted by Crippen LogP contribution is 2.20. The second-order valence-electron chi connectivity index (χ2n) is 3.99. The van der Waals surface area contributed by atoms with Crippen LogP contribution in [0.2, 0.25) is 0 Å². The van der Waals surface area contributed by atoms with Crippen LogP contribution in [0.1, 0.15) is 39.7 Å². The Balaban J connectivity index is 1.89. The third-order valence-corrected chi connectivity index (χ3v) is 4.73. The Morgan fingerprint density at radius 1 is 1.29 bits per heavy atom. The number of aryl methyl sites for hydroxylation is 2. The van der Waals surface area contributed by atoms with Gasteiger partial charge in [0.05, 0.1) is 11.0 Å². The van der Waals surface area contributed by atoms with Crippen LogP contribution in [0, 0.1) is 6.92 Å². The Hall–Kier alpha value is -0.780. The lowest BCUT2D eigenvalue weighted by molar-refractivity contribution is 0.575. The Kier molecular flexibility index (Phi) is 4.25. The Morgan fingerprint density at radius 3 is 2.71 bits per heavy atom. The fourth-order valence-electron chi connectivity index (χ4n) is 1.51. The molecule has 0 aliphatic rings. The molecule has 5 heteroatoms. The van der Waals surface area contributed by atoms with Crippen molar-refractivity contribution in [2.75, 3.05) is 0 Å². The molecule has 2 aromatic heterocycles. The first kappa shape index (κ1) is 12.7. The van der Waals surface area contributed by atoms with E-state index in [1.165, 1.54) is 14.8 Å². The average molecular weight is 267 g/mol. The summed E-state index contributed by atoms with van der Waals surface area (Å²) < 4.78 is 0. The highest BCUT2D eigenvalue weighted by Gasteiger charge is 2.09. The molecule has 0 spiro atoms. The summed E-state index contributed by atoms with van der Waals surface area (Å²) in [7, 11) is 0. The molecule has 3 nitrogen and oxygen atoms in total. The maximum absolute atomic E-state index is 4.39. The summed E-state index contributed by atoms with van der Waals surface area (Å²) >= 11 is 3.54. The van der Waals surface area contributed by atoms with Gasteiger partial charge in [0.25, 0.3) is 0 Å². The summed E-state index contributed by atoms with van der Waals surface area (Å²) in [5.41, 5.74) is 0. The van der Waals surface area contributed by atoms with Crippen LogP contribution in [0.15, 0.2) is 12.4 Å². The van der Waals surface area contributed by atoms with E-state index in [4.69, 9.17) is 0 Å². The van der Waals surface area contributed by atoms with Crippen LogP contribution in [0.3, 0.4) is 0 Å². The van der Waals surface area contributed by atoms with Crippen LogP contribution in [-0.2, 0) is 13.0 Å². The summed E-state index contributed by atoms with van der Waals surface area (Å²) in [6.07, 6.45) is 4.92. The number of rotatable bonds is 5. The lowest BCUT2D eigenvalue weighted by atomic mass is 10.3. The molecule has 1 N–H and O–H groups in total. The SMILES string of the molecule is CCc1ncc(CNC(C)c2ncc(C)s2)s1. The zero-order valence-electron chi connectivity index (χ0n) is 10.4. The molecule has 2 heterocycles. The number of hydrogen-bond donors (Lipinski definition) is 1. The van der Waals surface area contributed by atoms with Gasteiger partial charge in [-0.25, -0.2) is 9.97 Å². The number of aromatic nitrogens is 2. The molecule has 0 aliphatic heterocycles. The van der Waals surface area contributed by atoms with E-state index in [0.29, 0.717) is 6.04 Å². The summed E-state index contributed by atoms with van der Waals surface area (Å²) in [5, 5.41) is 5.85. The molecule has 2 rings (SSSR count). The monoisotopic (exact) mass is 267 g/mol. The quantitative estimate of drug-likeness (QED) is 0.903. The van der Waals surface area contributed by atoms with Crippen molar-refractivity contribution in [1.82, 2.24) is 15.3 Å². The molecule has 0 amide bonds. The first-order chi connectivity index (χ1) is 8.19. The van der Waals surface area contributed by atoms with Crippen LogP contribution in [0.25, 0.3) is 0 Å². The second kappa shape index (κ2) is 5.71. The Morgan fingerprint density at radius 2 is 2.12 bits per heavy atom. The summed E-state index contributed by atoms with van der Waals surface area (Å²) in [5.74, 6) is 0. The minimum atomic E-state index is 0.306. The fraction of sp³-hybridized carbons (Fsp3) is 0.500. The maximum atomic E-state index is 4.39. The molecule has 92 valence electrons. The molecule has 0 saturated carbocycles. The van der Waals surface area contributed by atoms with Crippen molar-refractivity contribution in [3.8, 4) is 0 Å². The van der Waals surface area contributed by atoms with E-state index in [0.717, 1.165) is 18.0 Å². The van der Waals surface area contributed by atoms with Crippen molar-refractivity contribution in [2.24, 2.45) is 0 Å². The van der Waals surface area contributed by atoms with Crippen molar-refractivity contribution >= 4 is 22.7 Å². The van der Waals surface area contributed by atoms with Crippen molar-refractivity contribution in [3.05, 3.63) is 32.2 Å².